The van der Waals surface area contributed by atoms with Gasteiger partial charge in [0.25, 0.3) is 0 Å². The Morgan fingerprint density at radius 3 is 3.12 bits per heavy atom. The number of hydrogen-bond acceptors (Lipinski definition) is 4. The molecule has 0 spiro atoms. The Morgan fingerprint density at radius 2 is 2.35 bits per heavy atom. The van der Waals surface area contributed by atoms with Crippen LogP contribution in [-0.4, -0.2) is 22.6 Å². The summed E-state index contributed by atoms with van der Waals surface area (Å²) >= 11 is 5.86. The van der Waals surface area contributed by atoms with E-state index in [4.69, 9.17) is 17.3 Å². The van der Waals surface area contributed by atoms with Gasteiger partial charge in [0.15, 0.2) is 5.82 Å². The Morgan fingerprint density at radius 1 is 1.53 bits per heavy atom. The van der Waals surface area contributed by atoms with E-state index in [-0.39, 0.29) is 5.28 Å². The van der Waals surface area contributed by atoms with Crippen molar-refractivity contribution >= 4 is 23.1 Å². The highest BCUT2D eigenvalue weighted by atomic mass is 35.5. The molecule has 1 aromatic rings. The summed E-state index contributed by atoms with van der Waals surface area (Å²) < 4.78 is 0. The van der Waals surface area contributed by atoms with E-state index in [1.54, 1.807) is 6.20 Å². The molecule has 94 valence electrons. The zero-order chi connectivity index (χ0) is 12.3. The fourth-order valence-electron chi connectivity index (χ4n) is 2.50. The average molecular weight is 255 g/mol. The second-order valence-corrected chi connectivity index (χ2v) is 4.89. The molecule has 1 saturated heterocycles. The lowest BCUT2D eigenvalue weighted by Crippen LogP contribution is -2.40. The third-order valence-corrected chi connectivity index (χ3v) is 3.47. The van der Waals surface area contributed by atoms with E-state index in [0.29, 0.717) is 11.7 Å². The van der Waals surface area contributed by atoms with Crippen LogP contribution in [0.25, 0.3) is 0 Å². The van der Waals surface area contributed by atoms with Crippen molar-refractivity contribution in [3.8, 4) is 0 Å². The van der Waals surface area contributed by atoms with E-state index in [2.05, 4.69) is 21.8 Å². The van der Waals surface area contributed by atoms with Crippen molar-refractivity contribution in [1.29, 1.82) is 0 Å². The van der Waals surface area contributed by atoms with Crippen LogP contribution in [0.1, 0.15) is 39.0 Å². The fourth-order valence-corrected chi connectivity index (χ4v) is 2.63. The van der Waals surface area contributed by atoms with Gasteiger partial charge >= 0.3 is 0 Å². The van der Waals surface area contributed by atoms with Crippen LogP contribution in [-0.2, 0) is 0 Å². The summed E-state index contributed by atoms with van der Waals surface area (Å²) in [6, 6.07) is 0.544. The average Bonchev–Trinajstić information content (AvgIpc) is 2.34. The molecule has 0 radical (unpaired) electrons. The molecule has 0 aromatic carbocycles. The smallest absolute Gasteiger partial charge is 0.224 e. The van der Waals surface area contributed by atoms with Gasteiger partial charge in [-0.05, 0) is 37.3 Å². The molecule has 2 N–H and O–H groups in total. The highest BCUT2D eigenvalue weighted by Crippen LogP contribution is 2.29. The fraction of sp³-hybridized carbons (Fsp3) is 0.667. The van der Waals surface area contributed by atoms with Crippen molar-refractivity contribution < 1.29 is 0 Å². The summed E-state index contributed by atoms with van der Waals surface area (Å²) in [5.74, 6) is 0.808. The van der Waals surface area contributed by atoms with Gasteiger partial charge in [0.05, 0.1) is 11.9 Å². The molecule has 1 unspecified atom stereocenters. The van der Waals surface area contributed by atoms with E-state index in [1.807, 2.05) is 0 Å². The number of piperidine rings is 1. The summed E-state index contributed by atoms with van der Waals surface area (Å²) in [4.78, 5) is 10.5. The van der Waals surface area contributed by atoms with Crippen LogP contribution < -0.4 is 10.6 Å². The summed E-state index contributed by atoms with van der Waals surface area (Å²) in [6.07, 6.45) is 7.67. The second-order valence-electron chi connectivity index (χ2n) is 4.55. The number of hydrogen-bond donors (Lipinski definition) is 1. The molecule has 1 aliphatic heterocycles. The van der Waals surface area contributed by atoms with Gasteiger partial charge in [-0.2, -0.15) is 4.98 Å². The predicted molar refractivity (Wildman–Crippen MR) is 71.3 cm³/mol. The maximum Gasteiger partial charge on any atom is 0.224 e. The summed E-state index contributed by atoms with van der Waals surface area (Å²) in [7, 11) is 0. The Bertz CT molecular complexity index is 381. The monoisotopic (exact) mass is 254 g/mol. The van der Waals surface area contributed by atoms with Crippen molar-refractivity contribution in [2.75, 3.05) is 17.2 Å². The number of nitrogens with two attached hydrogens (primary N) is 1. The van der Waals surface area contributed by atoms with Crippen LogP contribution in [0.2, 0.25) is 5.28 Å². The predicted octanol–water partition coefficient (Wildman–Crippen LogP) is 2.87. The highest BCUT2D eigenvalue weighted by molar-refractivity contribution is 6.28. The van der Waals surface area contributed by atoms with E-state index in [9.17, 15) is 0 Å². The van der Waals surface area contributed by atoms with Gasteiger partial charge in [-0.25, -0.2) is 4.98 Å². The van der Waals surface area contributed by atoms with Gasteiger partial charge in [0.2, 0.25) is 5.28 Å². The van der Waals surface area contributed by atoms with Crippen LogP contribution in [0.3, 0.4) is 0 Å². The summed E-state index contributed by atoms with van der Waals surface area (Å²) in [6.45, 7) is 3.23. The minimum Gasteiger partial charge on any atom is -0.394 e. The SMILES string of the molecule is CCCC1CCCCN1c1nc(Cl)ncc1N. The first-order valence-corrected chi connectivity index (χ1v) is 6.64. The van der Waals surface area contributed by atoms with E-state index >= 15 is 0 Å². The first-order valence-electron chi connectivity index (χ1n) is 6.27. The third-order valence-electron chi connectivity index (χ3n) is 3.29. The zero-order valence-corrected chi connectivity index (χ0v) is 11.0. The maximum absolute atomic E-state index is 5.95. The standard InChI is InChI=1S/C12H19ClN4/c1-2-5-9-6-3-4-7-17(9)11-10(14)8-15-12(13)16-11/h8-9H,2-7,14H2,1H3. The van der Waals surface area contributed by atoms with Crippen molar-refractivity contribution in [3.63, 3.8) is 0 Å². The van der Waals surface area contributed by atoms with Crippen molar-refractivity contribution in [2.45, 2.75) is 45.1 Å². The largest absolute Gasteiger partial charge is 0.394 e. The molecule has 5 heteroatoms. The summed E-state index contributed by atoms with van der Waals surface area (Å²) in [5.41, 5.74) is 6.58. The van der Waals surface area contributed by atoms with Crippen LogP contribution >= 0.6 is 11.6 Å². The topological polar surface area (TPSA) is 55.0 Å². The number of halogens is 1. The lowest BCUT2D eigenvalue weighted by Gasteiger charge is -2.37. The van der Waals surface area contributed by atoms with Crippen LogP contribution in [0.15, 0.2) is 6.20 Å². The number of rotatable bonds is 3. The van der Waals surface area contributed by atoms with Crippen LogP contribution in [0, 0.1) is 0 Å². The van der Waals surface area contributed by atoms with Gasteiger partial charge in [-0.1, -0.05) is 13.3 Å². The van der Waals surface area contributed by atoms with Gasteiger partial charge in [-0.3, -0.25) is 0 Å². The Balaban J connectivity index is 2.25. The molecular weight excluding hydrogens is 236 g/mol. The molecule has 17 heavy (non-hydrogen) atoms. The van der Waals surface area contributed by atoms with E-state index in [0.717, 1.165) is 12.4 Å². The molecule has 1 atom stereocenters. The van der Waals surface area contributed by atoms with Crippen molar-refractivity contribution in [3.05, 3.63) is 11.5 Å². The molecule has 0 aliphatic carbocycles. The van der Waals surface area contributed by atoms with Gasteiger partial charge in [-0.15, -0.1) is 0 Å². The second kappa shape index (κ2) is 5.54. The first kappa shape index (κ1) is 12.4. The molecule has 0 saturated carbocycles. The lowest BCUT2D eigenvalue weighted by molar-refractivity contribution is 0.432. The van der Waals surface area contributed by atoms with Gasteiger partial charge < -0.3 is 10.6 Å². The minimum atomic E-state index is 0.273. The molecule has 0 bridgehead atoms. The highest BCUT2D eigenvalue weighted by Gasteiger charge is 2.24. The number of nitrogens with zero attached hydrogens (tertiary/aromatic N) is 3. The molecule has 2 heterocycles. The molecule has 1 aliphatic rings. The number of anilines is 2. The van der Waals surface area contributed by atoms with Crippen molar-refractivity contribution in [2.24, 2.45) is 0 Å². The molecule has 1 aromatic heterocycles. The van der Waals surface area contributed by atoms with Gasteiger partial charge in [0, 0.05) is 12.6 Å². The van der Waals surface area contributed by atoms with Crippen LogP contribution in [0.4, 0.5) is 11.5 Å². The van der Waals surface area contributed by atoms with Crippen molar-refractivity contribution in [1.82, 2.24) is 9.97 Å². The normalized spacial score (nSPS) is 20.6. The zero-order valence-electron chi connectivity index (χ0n) is 10.2. The minimum absolute atomic E-state index is 0.273. The third kappa shape index (κ3) is 2.80. The maximum atomic E-state index is 5.95. The molecule has 1 fully saturated rings. The summed E-state index contributed by atoms with van der Waals surface area (Å²) in [5, 5.41) is 0.273. The molecule has 4 nitrogen and oxygen atoms in total. The van der Waals surface area contributed by atoms with Crippen LogP contribution in [0.5, 0.6) is 0 Å². The van der Waals surface area contributed by atoms with Gasteiger partial charge in [0.1, 0.15) is 0 Å². The van der Waals surface area contributed by atoms with E-state index in [1.165, 1.54) is 32.1 Å². The first-order chi connectivity index (χ1) is 8.22. The molecular formula is C12H19ClN4. The Kier molecular flexibility index (Phi) is 4.05. The number of aromatic nitrogens is 2. The quantitative estimate of drug-likeness (QED) is 0.843. The Hall–Kier alpha value is -1.03. The number of nitrogen functional groups attached to an aromatic ring is 1. The van der Waals surface area contributed by atoms with E-state index < -0.39 is 0 Å². The Labute approximate surface area is 107 Å². The molecule has 2 rings (SSSR count). The molecule has 0 amide bonds. The lowest BCUT2D eigenvalue weighted by atomic mass is 9.98.